The molecule has 1 N–H and O–H groups in total. The molecule has 0 spiro atoms. The lowest BCUT2D eigenvalue weighted by Crippen LogP contribution is -2.35. The topological polar surface area (TPSA) is 47.6 Å². The van der Waals surface area contributed by atoms with Gasteiger partial charge in [-0.2, -0.15) is 0 Å². The van der Waals surface area contributed by atoms with E-state index in [4.69, 9.17) is 9.47 Å². The van der Waals surface area contributed by atoms with Crippen molar-refractivity contribution < 1.29 is 14.3 Å². The lowest BCUT2D eigenvalue weighted by atomic mass is 10.0. The van der Waals surface area contributed by atoms with Gasteiger partial charge in [-0.25, -0.2) is 4.79 Å². The SMILES string of the molecule is CC(C)C[C@@H]1NC(=O)O[C@@H]1COCc1ccccc1. The van der Waals surface area contributed by atoms with Crippen molar-refractivity contribution in [2.24, 2.45) is 5.92 Å². The molecule has 1 aliphatic rings. The molecule has 0 bridgehead atoms. The Morgan fingerprint density at radius 3 is 2.74 bits per heavy atom. The summed E-state index contributed by atoms with van der Waals surface area (Å²) < 4.78 is 10.9. The first kappa shape index (κ1) is 13.9. The summed E-state index contributed by atoms with van der Waals surface area (Å²) >= 11 is 0. The van der Waals surface area contributed by atoms with Crippen LogP contribution in [0, 0.1) is 5.92 Å². The summed E-state index contributed by atoms with van der Waals surface area (Å²) in [6, 6.07) is 10.0. The molecule has 1 heterocycles. The second-order valence-electron chi connectivity index (χ2n) is 5.32. The zero-order valence-electron chi connectivity index (χ0n) is 11.5. The van der Waals surface area contributed by atoms with Crippen LogP contribution in [0.2, 0.25) is 0 Å². The molecule has 2 atom stereocenters. The number of alkyl carbamates (subject to hydrolysis) is 1. The van der Waals surface area contributed by atoms with Gasteiger partial charge < -0.3 is 14.8 Å². The van der Waals surface area contributed by atoms with Crippen LogP contribution >= 0.6 is 0 Å². The minimum atomic E-state index is -0.334. The quantitative estimate of drug-likeness (QED) is 0.858. The van der Waals surface area contributed by atoms with Crippen LogP contribution in [-0.4, -0.2) is 24.8 Å². The van der Waals surface area contributed by atoms with Crippen molar-refractivity contribution in [2.45, 2.75) is 39.0 Å². The third-order valence-electron chi connectivity index (χ3n) is 3.13. The van der Waals surface area contributed by atoms with Crippen molar-refractivity contribution in [3.8, 4) is 0 Å². The maximum atomic E-state index is 11.3. The molecule has 0 saturated carbocycles. The van der Waals surface area contributed by atoms with E-state index < -0.39 is 0 Å². The number of carbonyl (C=O) groups excluding carboxylic acids is 1. The minimum Gasteiger partial charge on any atom is -0.442 e. The van der Waals surface area contributed by atoms with Crippen molar-refractivity contribution in [3.63, 3.8) is 0 Å². The van der Waals surface area contributed by atoms with Gasteiger partial charge in [0, 0.05) is 0 Å². The van der Waals surface area contributed by atoms with Crippen LogP contribution in [-0.2, 0) is 16.1 Å². The molecule has 1 fully saturated rings. The molecular formula is C15H21NO3. The highest BCUT2D eigenvalue weighted by Gasteiger charge is 2.34. The Labute approximate surface area is 114 Å². The van der Waals surface area contributed by atoms with Crippen LogP contribution in [0.15, 0.2) is 30.3 Å². The maximum Gasteiger partial charge on any atom is 0.407 e. The van der Waals surface area contributed by atoms with E-state index in [-0.39, 0.29) is 18.2 Å². The number of amides is 1. The molecule has 2 rings (SSSR count). The van der Waals surface area contributed by atoms with Gasteiger partial charge in [0.1, 0.15) is 6.10 Å². The average molecular weight is 263 g/mol. The highest BCUT2D eigenvalue weighted by Crippen LogP contribution is 2.17. The molecule has 1 saturated heterocycles. The maximum absolute atomic E-state index is 11.3. The van der Waals surface area contributed by atoms with Crippen molar-refractivity contribution >= 4 is 6.09 Å². The predicted molar refractivity (Wildman–Crippen MR) is 72.7 cm³/mol. The number of hydrogen-bond donors (Lipinski definition) is 1. The van der Waals surface area contributed by atoms with Crippen LogP contribution in [0.1, 0.15) is 25.8 Å². The molecule has 0 aromatic heterocycles. The van der Waals surface area contributed by atoms with Gasteiger partial charge in [0.25, 0.3) is 0 Å². The van der Waals surface area contributed by atoms with E-state index in [0.717, 1.165) is 12.0 Å². The van der Waals surface area contributed by atoms with Crippen LogP contribution in [0.3, 0.4) is 0 Å². The normalized spacial score (nSPS) is 22.4. The van der Waals surface area contributed by atoms with Gasteiger partial charge in [-0.05, 0) is 17.9 Å². The van der Waals surface area contributed by atoms with Crippen molar-refractivity contribution in [3.05, 3.63) is 35.9 Å². The molecule has 1 aromatic rings. The fourth-order valence-electron chi connectivity index (χ4n) is 2.23. The van der Waals surface area contributed by atoms with Gasteiger partial charge in [0.05, 0.1) is 19.3 Å². The van der Waals surface area contributed by atoms with Gasteiger partial charge in [-0.1, -0.05) is 44.2 Å². The summed E-state index contributed by atoms with van der Waals surface area (Å²) in [6.07, 6.45) is 0.392. The van der Waals surface area contributed by atoms with Crippen molar-refractivity contribution in [1.82, 2.24) is 5.32 Å². The Morgan fingerprint density at radius 1 is 1.32 bits per heavy atom. The molecule has 4 heteroatoms. The number of carbonyl (C=O) groups is 1. The number of hydrogen-bond acceptors (Lipinski definition) is 3. The molecule has 0 aliphatic carbocycles. The number of ether oxygens (including phenoxy) is 2. The van der Waals surface area contributed by atoms with Crippen LogP contribution in [0.5, 0.6) is 0 Å². The van der Waals surface area contributed by atoms with E-state index >= 15 is 0 Å². The van der Waals surface area contributed by atoms with Gasteiger partial charge >= 0.3 is 6.09 Å². The summed E-state index contributed by atoms with van der Waals surface area (Å²) in [5.74, 6) is 0.517. The average Bonchev–Trinajstić information content (AvgIpc) is 2.70. The first-order valence-electron chi connectivity index (χ1n) is 6.74. The van der Waals surface area contributed by atoms with Gasteiger partial charge in [-0.3, -0.25) is 0 Å². The minimum absolute atomic E-state index is 0.0586. The highest BCUT2D eigenvalue weighted by atomic mass is 16.6. The number of nitrogens with one attached hydrogen (secondary N) is 1. The molecule has 19 heavy (non-hydrogen) atoms. The Balaban J connectivity index is 1.79. The second kappa shape index (κ2) is 6.57. The summed E-state index contributed by atoms with van der Waals surface area (Å²) in [6.45, 7) is 5.24. The van der Waals surface area contributed by atoms with Gasteiger partial charge in [-0.15, -0.1) is 0 Å². The summed E-state index contributed by atoms with van der Waals surface area (Å²) in [4.78, 5) is 11.3. The molecular weight excluding hydrogens is 242 g/mol. The fourth-order valence-corrected chi connectivity index (χ4v) is 2.23. The monoisotopic (exact) mass is 263 g/mol. The first-order chi connectivity index (χ1) is 9.15. The van der Waals surface area contributed by atoms with E-state index in [9.17, 15) is 4.79 Å². The number of rotatable bonds is 6. The Hall–Kier alpha value is -1.55. The zero-order valence-corrected chi connectivity index (χ0v) is 11.5. The van der Waals surface area contributed by atoms with Crippen LogP contribution in [0.25, 0.3) is 0 Å². The highest BCUT2D eigenvalue weighted by molar-refractivity contribution is 5.70. The lowest BCUT2D eigenvalue weighted by Gasteiger charge is -2.18. The van der Waals surface area contributed by atoms with Crippen molar-refractivity contribution in [2.75, 3.05) is 6.61 Å². The smallest absolute Gasteiger partial charge is 0.407 e. The summed E-state index contributed by atoms with van der Waals surface area (Å²) in [5, 5.41) is 2.84. The van der Waals surface area contributed by atoms with E-state index in [1.165, 1.54) is 0 Å². The molecule has 1 aromatic carbocycles. The number of benzene rings is 1. The molecule has 4 nitrogen and oxygen atoms in total. The molecule has 1 aliphatic heterocycles. The molecule has 0 radical (unpaired) electrons. The van der Waals surface area contributed by atoms with Crippen LogP contribution in [0.4, 0.5) is 4.79 Å². The Morgan fingerprint density at radius 2 is 2.05 bits per heavy atom. The molecule has 0 unspecified atom stereocenters. The predicted octanol–water partition coefficient (Wildman–Crippen LogP) is 2.73. The standard InChI is InChI=1S/C15H21NO3/c1-11(2)8-13-14(19-15(17)16-13)10-18-9-12-6-4-3-5-7-12/h3-7,11,13-14H,8-10H2,1-2H3,(H,16,17)/t13-,14+/m0/s1. The first-order valence-corrected chi connectivity index (χ1v) is 6.74. The fraction of sp³-hybridized carbons (Fsp3) is 0.533. The third kappa shape index (κ3) is 4.24. The second-order valence-corrected chi connectivity index (χ2v) is 5.32. The molecule has 104 valence electrons. The van der Waals surface area contributed by atoms with E-state index in [1.807, 2.05) is 30.3 Å². The largest absolute Gasteiger partial charge is 0.442 e. The third-order valence-corrected chi connectivity index (χ3v) is 3.13. The lowest BCUT2D eigenvalue weighted by molar-refractivity contribution is 0.0251. The van der Waals surface area contributed by atoms with Gasteiger partial charge in [0.2, 0.25) is 0 Å². The van der Waals surface area contributed by atoms with E-state index in [0.29, 0.717) is 19.1 Å². The Bertz CT molecular complexity index is 405. The summed E-state index contributed by atoms with van der Waals surface area (Å²) in [7, 11) is 0. The van der Waals surface area contributed by atoms with Gasteiger partial charge in [0.15, 0.2) is 0 Å². The Kier molecular flexibility index (Phi) is 4.80. The van der Waals surface area contributed by atoms with Crippen LogP contribution < -0.4 is 5.32 Å². The number of cyclic esters (lactones) is 1. The summed E-state index contributed by atoms with van der Waals surface area (Å²) in [5.41, 5.74) is 1.13. The zero-order chi connectivity index (χ0) is 13.7. The van der Waals surface area contributed by atoms with E-state index in [2.05, 4.69) is 19.2 Å². The van der Waals surface area contributed by atoms with Crippen molar-refractivity contribution in [1.29, 1.82) is 0 Å². The van der Waals surface area contributed by atoms with E-state index in [1.54, 1.807) is 0 Å². The molecule has 1 amide bonds.